The van der Waals surface area contributed by atoms with Crippen LogP contribution in [0, 0.1) is 0 Å². The van der Waals surface area contributed by atoms with E-state index >= 15 is 0 Å². The highest BCUT2D eigenvalue weighted by Gasteiger charge is 2.34. The summed E-state index contributed by atoms with van der Waals surface area (Å²) in [7, 11) is 0. The van der Waals surface area contributed by atoms with E-state index in [-0.39, 0.29) is 11.4 Å². The molecule has 0 heterocycles. The summed E-state index contributed by atoms with van der Waals surface area (Å²) < 4.78 is 5.34. The van der Waals surface area contributed by atoms with E-state index < -0.39 is 29.5 Å². The van der Waals surface area contributed by atoms with Crippen molar-refractivity contribution in [2.45, 2.75) is 44.8 Å². The molecule has 1 aromatic carbocycles. The lowest BCUT2D eigenvalue weighted by Crippen LogP contribution is -2.39. The van der Waals surface area contributed by atoms with Crippen LogP contribution in [0.3, 0.4) is 0 Å². The Morgan fingerprint density at radius 2 is 1.91 bits per heavy atom. The van der Waals surface area contributed by atoms with Crippen LogP contribution in [0.4, 0.5) is 0 Å². The van der Waals surface area contributed by atoms with Crippen LogP contribution in [0.25, 0.3) is 0 Å². The molecule has 3 N–H and O–H groups in total. The number of benzene rings is 1. The van der Waals surface area contributed by atoms with Gasteiger partial charge in [-0.15, -0.1) is 0 Å². The molecule has 0 radical (unpaired) electrons. The first kappa shape index (κ1) is 18.7. The third-order valence-electron chi connectivity index (χ3n) is 2.80. The summed E-state index contributed by atoms with van der Waals surface area (Å²) in [5, 5.41) is 9.57. The lowest BCUT2D eigenvalue weighted by atomic mass is 9.89. The van der Waals surface area contributed by atoms with E-state index in [2.05, 4.69) is 0 Å². The topological polar surface area (TPSA) is 89.6 Å². The molecule has 0 saturated heterocycles. The van der Waals surface area contributed by atoms with Gasteiger partial charge in [0.1, 0.15) is 5.60 Å². The van der Waals surface area contributed by atoms with Crippen LogP contribution in [0.5, 0.6) is 0 Å². The second kappa shape index (κ2) is 7.31. The van der Waals surface area contributed by atoms with Crippen molar-refractivity contribution in [3.63, 3.8) is 0 Å². The highest BCUT2D eigenvalue weighted by Crippen LogP contribution is 2.32. The molecule has 0 aliphatic carbocycles. The molecule has 1 rings (SSSR count). The van der Waals surface area contributed by atoms with Crippen molar-refractivity contribution in [3.05, 3.63) is 33.8 Å². The second-order valence-corrected chi connectivity index (χ2v) is 6.78. The molecular formula is C15H19Cl2NO4. The van der Waals surface area contributed by atoms with Gasteiger partial charge in [0.2, 0.25) is 0 Å². The van der Waals surface area contributed by atoms with Gasteiger partial charge >= 0.3 is 11.9 Å². The number of esters is 1. The quantitative estimate of drug-likeness (QED) is 0.798. The number of ether oxygens (including phenoxy) is 1. The van der Waals surface area contributed by atoms with E-state index in [1.165, 1.54) is 6.07 Å². The number of halogens is 2. The fraction of sp³-hybridized carbons (Fsp3) is 0.467. The Morgan fingerprint density at radius 1 is 1.32 bits per heavy atom. The van der Waals surface area contributed by atoms with Crippen LogP contribution >= 0.6 is 23.2 Å². The molecule has 0 amide bonds. The van der Waals surface area contributed by atoms with Crippen molar-refractivity contribution in [2.75, 3.05) is 0 Å². The molecule has 0 bridgehead atoms. The first-order chi connectivity index (χ1) is 10.0. The Hall–Kier alpha value is -1.30. The molecule has 1 aromatic rings. The zero-order chi connectivity index (χ0) is 17.1. The normalized spacial score (nSPS) is 14.3. The van der Waals surface area contributed by atoms with Gasteiger partial charge in [0.05, 0.1) is 12.3 Å². The molecule has 22 heavy (non-hydrogen) atoms. The highest BCUT2D eigenvalue weighted by atomic mass is 35.5. The zero-order valence-corrected chi connectivity index (χ0v) is 14.1. The van der Waals surface area contributed by atoms with Crippen molar-refractivity contribution in [3.8, 4) is 0 Å². The summed E-state index contributed by atoms with van der Waals surface area (Å²) in [6.07, 6.45) is -0.386. The Balaban J connectivity index is 3.21. The van der Waals surface area contributed by atoms with Gasteiger partial charge in [-0.2, -0.15) is 0 Å². The van der Waals surface area contributed by atoms with Crippen LogP contribution in [0.15, 0.2) is 18.2 Å². The lowest BCUT2D eigenvalue weighted by Gasteiger charge is -2.27. The molecule has 2 atom stereocenters. The molecule has 1 unspecified atom stereocenters. The fourth-order valence-electron chi connectivity index (χ4n) is 1.97. The summed E-state index contributed by atoms with van der Waals surface area (Å²) in [4.78, 5) is 23.3. The number of hydrogen-bond acceptors (Lipinski definition) is 4. The third-order valence-corrected chi connectivity index (χ3v) is 3.36. The van der Waals surface area contributed by atoms with Gasteiger partial charge in [0.15, 0.2) is 0 Å². The van der Waals surface area contributed by atoms with Crippen molar-refractivity contribution < 1.29 is 19.4 Å². The molecule has 7 heteroatoms. The Labute approximate surface area is 139 Å². The van der Waals surface area contributed by atoms with Gasteiger partial charge in [-0.25, -0.2) is 0 Å². The molecule has 0 fully saturated rings. The number of carbonyl (C=O) groups excluding carboxylic acids is 1. The number of carboxylic acid groups (broad SMARTS) is 1. The average Bonchev–Trinajstić information content (AvgIpc) is 2.28. The maximum absolute atomic E-state index is 12.4. The van der Waals surface area contributed by atoms with Crippen molar-refractivity contribution in [1.82, 2.24) is 0 Å². The van der Waals surface area contributed by atoms with Crippen LogP contribution in [-0.4, -0.2) is 28.7 Å². The van der Waals surface area contributed by atoms with E-state index in [0.717, 1.165) is 0 Å². The van der Waals surface area contributed by atoms with Crippen LogP contribution < -0.4 is 5.73 Å². The largest absolute Gasteiger partial charge is 0.481 e. The van der Waals surface area contributed by atoms with Gasteiger partial charge in [-0.3, -0.25) is 9.59 Å². The summed E-state index contributed by atoms with van der Waals surface area (Å²) in [6, 6.07) is 3.63. The SMILES string of the molecule is CC(C)(C)OC(=O)C(c1ccc(Cl)cc1Cl)[C@@H](N)CC(=O)O. The number of hydrogen-bond donors (Lipinski definition) is 2. The Morgan fingerprint density at radius 3 is 2.36 bits per heavy atom. The van der Waals surface area contributed by atoms with Gasteiger partial charge < -0.3 is 15.6 Å². The minimum Gasteiger partial charge on any atom is -0.481 e. The van der Waals surface area contributed by atoms with Crippen LogP contribution in [0.2, 0.25) is 10.0 Å². The number of carboxylic acids is 1. The molecule has 0 spiro atoms. The Bertz CT molecular complexity index is 569. The lowest BCUT2D eigenvalue weighted by molar-refractivity contribution is -0.157. The van der Waals surface area contributed by atoms with Gasteiger partial charge in [0, 0.05) is 16.1 Å². The molecule has 0 aliphatic rings. The summed E-state index contributed by atoms with van der Waals surface area (Å²) >= 11 is 12.0. The smallest absolute Gasteiger partial charge is 0.315 e. The third kappa shape index (κ3) is 5.48. The van der Waals surface area contributed by atoms with Crippen molar-refractivity contribution in [1.29, 1.82) is 0 Å². The van der Waals surface area contributed by atoms with Gasteiger partial charge in [-0.05, 0) is 38.5 Å². The molecule has 5 nitrogen and oxygen atoms in total. The molecule has 0 aliphatic heterocycles. The predicted octanol–water partition coefficient (Wildman–Crippen LogP) is 3.22. The molecular weight excluding hydrogens is 329 g/mol. The summed E-state index contributed by atoms with van der Waals surface area (Å²) in [6.45, 7) is 5.15. The molecule has 122 valence electrons. The minimum absolute atomic E-state index is 0.240. The minimum atomic E-state index is -1.11. The van der Waals surface area contributed by atoms with Crippen molar-refractivity contribution >= 4 is 35.1 Å². The first-order valence-corrected chi connectivity index (χ1v) is 7.42. The van der Waals surface area contributed by atoms with Gasteiger partial charge in [-0.1, -0.05) is 29.3 Å². The maximum atomic E-state index is 12.4. The average molecular weight is 348 g/mol. The molecule has 0 saturated carbocycles. The van der Waals surface area contributed by atoms with Gasteiger partial charge in [0.25, 0.3) is 0 Å². The van der Waals surface area contributed by atoms with E-state index in [0.29, 0.717) is 10.6 Å². The van der Waals surface area contributed by atoms with E-state index in [1.807, 2.05) is 0 Å². The monoisotopic (exact) mass is 347 g/mol. The van der Waals surface area contributed by atoms with Crippen LogP contribution in [-0.2, 0) is 14.3 Å². The number of rotatable bonds is 5. The standard InChI is InChI=1S/C15H19Cl2NO4/c1-15(2,3)22-14(21)13(11(18)7-12(19)20)9-5-4-8(16)6-10(9)17/h4-6,11,13H,7,18H2,1-3H3,(H,19,20)/t11-,13?/m0/s1. The summed E-state index contributed by atoms with van der Waals surface area (Å²) in [5.41, 5.74) is 5.58. The Kier molecular flexibility index (Phi) is 6.23. The zero-order valence-electron chi connectivity index (χ0n) is 12.6. The van der Waals surface area contributed by atoms with E-state index in [9.17, 15) is 9.59 Å². The second-order valence-electron chi connectivity index (χ2n) is 5.94. The van der Waals surface area contributed by atoms with E-state index in [4.69, 9.17) is 38.8 Å². The predicted molar refractivity (Wildman–Crippen MR) is 85.3 cm³/mol. The van der Waals surface area contributed by atoms with Crippen molar-refractivity contribution in [2.24, 2.45) is 5.73 Å². The maximum Gasteiger partial charge on any atom is 0.315 e. The fourth-order valence-corrected chi connectivity index (χ4v) is 2.50. The summed E-state index contributed by atoms with van der Waals surface area (Å²) in [5.74, 6) is -2.71. The van der Waals surface area contributed by atoms with Crippen LogP contribution in [0.1, 0.15) is 38.7 Å². The number of aliphatic carboxylic acids is 1. The molecule has 0 aromatic heterocycles. The number of nitrogens with two attached hydrogens (primary N) is 1. The first-order valence-electron chi connectivity index (χ1n) is 6.66. The highest BCUT2D eigenvalue weighted by molar-refractivity contribution is 6.35. The van der Waals surface area contributed by atoms with E-state index in [1.54, 1.807) is 32.9 Å². The number of carbonyl (C=O) groups is 2.